The summed E-state index contributed by atoms with van der Waals surface area (Å²) >= 11 is 0. The first-order chi connectivity index (χ1) is 17.6. The van der Waals surface area contributed by atoms with E-state index in [0.717, 1.165) is 70.4 Å². The fourth-order valence-electron chi connectivity index (χ4n) is 5.26. The summed E-state index contributed by atoms with van der Waals surface area (Å²) in [5.41, 5.74) is 6.83. The van der Waals surface area contributed by atoms with Gasteiger partial charge >= 0.3 is 0 Å². The van der Waals surface area contributed by atoms with E-state index in [4.69, 9.17) is 0 Å². The van der Waals surface area contributed by atoms with Crippen LogP contribution in [0.2, 0.25) is 0 Å². The Balaban J connectivity index is 1.39. The zero-order chi connectivity index (χ0) is 24.9. The fourth-order valence-corrected chi connectivity index (χ4v) is 5.26. The molecular weight excluding hydrogens is 446 g/mol. The van der Waals surface area contributed by atoms with Crippen molar-refractivity contribution >= 4 is 23.2 Å². The van der Waals surface area contributed by atoms with Gasteiger partial charge in [0, 0.05) is 43.1 Å². The molecule has 0 radical (unpaired) electrons. The summed E-state index contributed by atoms with van der Waals surface area (Å²) in [6, 6.07) is 22.2. The molecule has 3 aromatic carbocycles. The Morgan fingerprint density at radius 1 is 0.889 bits per heavy atom. The first-order valence-corrected chi connectivity index (χ1v) is 13.3. The van der Waals surface area contributed by atoms with Crippen molar-refractivity contribution in [3.8, 4) is 0 Å². The number of carbonyl (C=O) groups is 2. The summed E-state index contributed by atoms with van der Waals surface area (Å²) in [6.45, 7) is 5.42. The molecule has 1 saturated heterocycles. The molecule has 3 aromatic rings. The van der Waals surface area contributed by atoms with Crippen LogP contribution >= 0.6 is 0 Å². The third kappa shape index (κ3) is 5.30. The molecule has 0 unspecified atom stereocenters. The molecule has 0 atom stereocenters. The molecule has 0 saturated carbocycles. The van der Waals surface area contributed by atoms with Crippen LogP contribution in [0.15, 0.2) is 66.7 Å². The van der Waals surface area contributed by atoms with Gasteiger partial charge in [-0.1, -0.05) is 49.7 Å². The molecule has 2 aliphatic heterocycles. The quantitative estimate of drug-likeness (QED) is 0.445. The summed E-state index contributed by atoms with van der Waals surface area (Å²) in [5.74, 6) is -0.103. The number of fused-ring (bicyclic) bond motifs is 1. The first-order valence-electron chi connectivity index (χ1n) is 13.3. The van der Waals surface area contributed by atoms with E-state index in [-0.39, 0.29) is 11.8 Å². The van der Waals surface area contributed by atoms with E-state index >= 15 is 0 Å². The molecule has 186 valence electrons. The molecule has 1 N–H and O–H groups in total. The molecule has 0 aliphatic carbocycles. The third-order valence-corrected chi connectivity index (χ3v) is 7.38. The van der Waals surface area contributed by atoms with Gasteiger partial charge in [0.15, 0.2) is 0 Å². The van der Waals surface area contributed by atoms with Crippen molar-refractivity contribution in [3.63, 3.8) is 0 Å². The van der Waals surface area contributed by atoms with Crippen molar-refractivity contribution in [1.82, 2.24) is 4.90 Å². The van der Waals surface area contributed by atoms with Crippen LogP contribution in [0, 0.1) is 0 Å². The Kier molecular flexibility index (Phi) is 7.36. The average Bonchev–Trinajstić information content (AvgIpc) is 3.46. The lowest BCUT2D eigenvalue weighted by Crippen LogP contribution is -2.34. The molecule has 5 heteroatoms. The van der Waals surface area contributed by atoms with Gasteiger partial charge in [-0.2, -0.15) is 0 Å². The number of hydrogen-bond acceptors (Lipinski definition) is 3. The number of amides is 2. The Hall–Kier alpha value is -3.60. The van der Waals surface area contributed by atoms with E-state index in [2.05, 4.69) is 41.4 Å². The van der Waals surface area contributed by atoms with Gasteiger partial charge in [0.2, 0.25) is 0 Å². The Morgan fingerprint density at radius 3 is 2.39 bits per heavy atom. The standard InChI is InChI=1S/C31H35N3O2/c1-2-3-8-23-11-13-25(14-12-23)30(35)32-27-15-16-29(28(21-27)31(36)33-18-6-7-19-33)34-20-17-24-9-4-5-10-26(24)22-34/h4-5,9-16,21H,2-3,6-8,17-20,22H2,1H3,(H,32,35). The number of nitrogens with one attached hydrogen (secondary N) is 1. The van der Waals surface area contributed by atoms with Gasteiger partial charge < -0.3 is 15.1 Å². The smallest absolute Gasteiger partial charge is 0.256 e. The van der Waals surface area contributed by atoms with Crippen LogP contribution < -0.4 is 10.2 Å². The predicted molar refractivity (Wildman–Crippen MR) is 146 cm³/mol. The number of likely N-dealkylation sites (tertiary alicyclic amines) is 1. The van der Waals surface area contributed by atoms with E-state index in [1.54, 1.807) is 0 Å². The van der Waals surface area contributed by atoms with Crippen LogP contribution in [0.5, 0.6) is 0 Å². The Labute approximate surface area is 214 Å². The maximum atomic E-state index is 13.6. The van der Waals surface area contributed by atoms with Crippen molar-refractivity contribution in [3.05, 3.63) is 94.5 Å². The van der Waals surface area contributed by atoms with E-state index < -0.39 is 0 Å². The van der Waals surface area contributed by atoms with Crippen LogP contribution in [-0.2, 0) is 19.4 Å². The van der Waals surface area contributed by atoms with Crippen LogP contribution in [-0.4, -0.2) is 36.3 Å². The number of rotatable bonds is 7. The molecule has 5 rings (SSSR count). The number of unbranched alkanes of at least 4 members (excludes halogenated alkanes) is 1. The molecule has 0 spiro atoms. The summed E-state index contributed by atoms with van der Waals surface area (Å²) in [4.78, 5) is 30.8. The molecule has 5 nitrogen and oxygen atoms in total. The highest BCUT2D eigenvalue weighted by Crippen LogP contribution is 2.31. The van der Waals surface area contributed by atoms with Crippen molar-refractivity contribution in [1.29, 1.82) is 0 Å². The van der Waals surface area contributed by atoms with Gasteiger partial charge in [0.05, 0.1) is 5.56 Å². The second-order valence-electron chi connectivity index (χ2n) is 9.93. The van der Waals surface area contributed by atoms with Crippen molar-refractivity contribution < 1.29 is 9.59 Å². The number of anilines is 2. The van der Waals surface area contributed by atoms with Gasteiger partial charge in [-0.15, -0.1) is 0 Å². The number of carbonyl (C=O) groups excluding carboxylic acids is 2. The van der Waals surface area contributed by atoms with Crippen LogP contribution in [0.1, 0.15) is 70.0 Å². The second kappa shape index (κ2) is 11.0. The number of nitrogens with zero attached hydrogens (tertiary/aromatic N) is 2. The molecule has 2 aliphatic rings. The van der Waals surface area contributed by atoms with Gasteiger partial charge in [0.25, 0.3) is 11.8 Å². The van der Waals surface area contributed by atoms with Gasteiger partial charge in [-0.3, -0.25) is 9.59 Å². The van der Waals surface area contributed by atoms with Crippen molar-refractivity contribution in [2.75, 3.05) is 29.9 Å². The number of aryl methyl sites for hydroxylation is 1. The topological polar surface area (TPSA) is 52.7 Å². The molecule has 2 amide bonds. The summed E-state index contributed by atoms with van der Waals surface area (Å²) in [5, 5.41) is 3.02. The minimum Gasteiger partial charge on any atom is -0.366 e. The maximum absolute atomic E-state index is 13.6. The molecule has 36 heavy (non-hydrogen) atoms. The SMILES string of the molecule is CCCCc1ccc(C(=O)Nc2ccc(N3CCc4ccccc4C3)c(C(=O)N3CCCC3)c2)cc1. The average molecular weight is 482 g/mol. The summed E-state index contributed by atoms with van der Waals surface area (Å²) < 4.78 is 0. The van der Waals surface area contributed by atoms with Crippen LogP contribution in [0.4, 0.5) is 11.4 Å². The fraction of sp³-hybridized carbons (Fsp3) is 0.355. The monoisotopic (exact) mass is 481 g/mol. The normalized spacial score (nSPS) is 15.0. The van der Waals surface area contributed by atoms with Gasteiger partial charge in [-0.25, -0.2) is 0 Å². The lowest BCUT2D eigenvalue weighted by Gasteiger charge is -2.33. The molecule has 0 aromatic heterocycles. The number of hydrogen-bond donors (Lipinski definition) is 1. The molecule has 0 bridgehead atoms. The summed E-state index contributed by atoms with van der Waals surface area (Å²) in [6.07, 6.45) is 6.38. The molecular formula is C31H35N3O2. The Bertz CT molecular complexity index is 1230. The first kappa shape index (κ1) is 24.1. The lowest BCUT2D eigenvalue weighted by atomic mass is 9.98. The number of benzene rings is 3. The zero-order valence-corrected chi connectivity index (χ0v) is 21.1. The van der Waals surface area contributed by atoms with E-state index in [0.29, 0.717) is 16.8 Å². The van der Waals surface area contributed by atoms with E-state index in [9.17, 15) is 9.59 Å². The minimum absolute atomic E-state index is 0.0535. The Morgan fingerprint density at radius 2 is 1.64 bits per heavy atom. The van der Waals surface area contributed by atoms with Crippen molar-refractivity contribution in [2.45, 2.75) is 52.0 Å². The highest BCUT2D eigenvalue weighted by Gasteiger charge is 2.26. The van der Waals surface area contributed by atoms with Crippen molar-refractivity contribution in [2.24, 2.45) is 0 Å². The van der Waals surface area contributed by atoms with Crippen LogP contribution in [0.25, 0.3) is 0 Å². The zero-order valence-electron chi connectivity index (χ0n) is 21.1. The summed E-state index contributed by atoms with van der Waals surface area (Å²) in [7, 11) is 0. The van der Waals surface area contributed by atoms with E-state index in [1.165, 1.54) is 16.7 Å². The second-order valence-corrected chi connectivity index (χ2v) is 9.93. The van der Waals surface area contributed by atoms with Crippen LogP contribution in [0.3, 0.4) is 0 Å². The maximum Gasteiger partial charge on any atom is 0.256 e. The lowest BCUT2D eigenvalue weighted by molar-refractivity contribution is 0.0793. The predicted octanol–water partition coefficient (Wildman–Crippen LogP) is 6.08. The molecule has 2 heterocycles. The highest BCUT2D eigenvalue weighted by atomic mass is 16.2. The van der Waals surface area contributed by atoms with Gasteiger partial charge in [0.1, 0.15) is 0 Å². The third-order valence-electron chi connectivity index (χ3n) is 7.38. The largest absolute Gasteiger partial charge is 0.366 e. The molecule has 1 fully saturated rings. The minimum atomic E-state index is -0.156. The van der Waals surface area contributed by atoms with Gasteiger partial charge in [-0.05, 0) is 79.1 Å². The van der Waals surface area contributed by atoms with E-state index in [1.807, 2.05) is 47.4 Å². The highest BCUT2D eigenvalue weighted by molar-refractivity contribution is 6.06.